The molecule has 18 heavy (non-hydrogen) atoms. The van der Waals surface area contributed by atoms with Gasteiger partial charge in [-0.2, -0.15) is 0 Å². The molecule has 0 aromatic heterocycles. The summed E-state index contributed by atoms with van der Waals surface area (Å²) in [5.41, 5.74) is 6.47. The highest BCUT2D eigenvalue weighted by Crippen LogP contribution is 2.22. The van der Waals surface area contributed by atoms with Crippen molar-refractivity contribution in [1.82, 2.24) is 5.32 Å². The van der Waals surface area contributed by atoms with E-state index in [1.165, 1.54) is 0 Å². The van der Waals surface area contributed by atoms with Crippen molar-refractivity contribution in [2.75, 3.05) is 20.3 Å². The second-order valence-corrected chi connectivity index (χ2v) is 3.86. The fourth-order valence-corrected chi connectivity index (χ4v) is 1.41. The Hall–Kier alpha value is -1.75. The van der Waals surface area contributed by atoms with Crippen molar-refractivity contribution >= 4 is 5.91 Å². The first kappa shape index (κ1) is 14.3. The third-order valence-corrected chi connectivity index (χ3v) is 2.35. The molecule has 0 spiro atoms. The molecule has 0 atom stereocenters. The predicted octanol–water partition coefficient (Wildman–Crippen LogP) is 1.06. The Kier molecular flexibility index (Phi) is 6.00. The zero-order valence-electron chi connectivity index (χ0n) is 10.9. The summed E-state index contributed by atoms with van der Waals surface area (Å²) >= 11 is 0. The van der Waals surface area contributed by atoms with Gasteiger partial charge < -0.3 is 20.5 Å². The second-order valence-electron chi connectivity index (χ2n) is 3.86. The van der Waals surface area contributed by atoms with Crippen molar-refractivity contribution in [3.8, 4) is 11.5 Å². The Morgan fingerprint density at radius 2 is 2.06 bits per heavy atom. The van der Waals surface area contributed by atoms with Crippen LogP contribution in [0.15, 0.2) is 18.2 Å². The van der Waals surface area contributed by atoms with Gasteiger partial charge >= 0.3 is 0 Å². The highest BCUT2D eigenvalue weighted by molar-refractivity contribution is 5.77. The summed E-state index contributed by atoms with van der Waals surface area (Å²) in [6.07, 6.45) is 0.905. The van der Waals surface area contributed by atoms with Crippen molar-refractivity contribution in [1.29, 1.82) is 0 Å². The molecule has 1 aromatic rings. The summed E-state index contributed by atoms with van der Waals surface area (Å²) in [4.78, 5) is 11.4. The highest BCUT2D eigenvalue weighted by atomic mass is 16.5. The third kappa shape index (κ3) is 4.63. The summed E-state index contributed by atoms with van der Waals surface area (Å²) in [6.45, 7) is 3.05. The van der Waals surface area contributed by atoms with Gasteiger partial charge in [0.15, 0.2) is 6.61 Å². The van der Waals surface area contributed by atoms with Crippen LogP contribution in [-0.4, -0.2) is 26.2 Å². The number of rotatable bonds is 7. The van der Waals surface area contributed by atoms with E-state index < -0.39 is 0 Å². The zero-order valence-corrected chi connectivity index (χ0v) is 10.9. The van der Waals surface area contributed by atoms with Gasteiger partial charge in [0.05, 0.1) is 7.11 Å². The Labute approximate surface area is 107 Å². The van der Waals surface area contributed by atoms with Crippen LogP contribution in [-0.2, 0) is 11.3 Å². The molecule has 0 saturated carbocycles. The van der Waals surface area contributed by atoms with E-state index >= 15 is 0 Å². The van der Waals surface area contributed by atoms with Gasteiger partial charge in [0.25, 0.3) is 5.91 Å². The maximum atomic E-state index is 11.4. The van der Waals surface area contributed by atoms with Crippen molar-refractivity contribution in [3.05, 3.63) is 23.8 Å². The largest absolute Gasteiger partial charge is 0.497 e. The van der Waals surface area contributed by atoms with Crippen molar-refractivity contribution < 1.29 is 14.3 Å². The van der Waals surface area contributed by atoms with E-state index in [-0.39, 0.29) is 12.5 Å². The maximum absolute atomic E-state index is 11.4. The number of ether oxygens (including phenoxy) is 2. The molecule has 0 heterocycles. The molecular weight excluding hydrogens is 232 g/mol. The SMILES string of the molecule is CCCNC(=O)COc1cc(CN)cc(OC)c1. The quantitative estimate of drug-likeness (QED) is 0.761. The van der Waals surface area contributed by atoms with E-state index in [2.05, 4.69) is 5.32 Å². The van der Waals surface area contributed by atoms with E-state index in [9.17, 15) is 4.79 Å². The van der Waals surface area contributed by atoms with Gasteiger partial charge in [-0.3, -0.25) is 4.79 Å². The molecule has 5 nitrogen and oxygen atoms in total. The number of nitrogens with one attached hydrogen (secondary N) is 1. The summed E-state index contributed by atoms with van der Waals surface area (Å²) in [7, 11) is 1.58. The lowest BCUT2D eigenvalue weighted by atomic mass is 10.2. The third-order valence-electron chi connectivity index (χ3n) is 2.35. The lowest BCUT2D eigenvalue weighted by molar-refractivity contribution is -0.123. The van der Waals surface area contributed by atoms with E-state index in [1.54, 1.807) is 19.2 Å². The molecule has 0 aliphatic rings. The lowest BCUT2D eigenvalue weighted by Crippen LogP contribution is -2.29. The number of hydrogen-bond donors (Lipinski definition) is 2. The minimum Gasteiger partial charge on any atom is -0.497 e. The number of carbonyl (C=O) groups excluding carboxylic acids is 1. The van der Waals surface area contributed by atoms with Crippen LogP contribution in [0, 0.1) is 0 Å². The summed E-state index contributed by atoms with van der Waals surface area (Å²) in [6, 6.07) is 5.37. The monoisotopic (exact) mass is 252 g/mol. The summed E-state index contributed by atoms with van der Waals surface area (Å²) < 4.78 is 10.5. The van der Waals surface area contributed by atoms with Crippen molar-refractivity contribution in [2.45, 2.75) is 19.9 Å². The molecule has 1 rings (SSSR count). The van der Waals surface area contributed by atoms with Gasteiger partial charge in [0.1, 0.15) is 11.5 Å². The normalized spacial score (nSPS) is 9.94. The van der Waals surface area contributed by atoms with Crippen LogP contribution in [0.4, 0.5) is 0 Å². The van der Waals surface area contributed by atoms with Crippen LogP contribution in [0.2, 0.25) is 0 Å². The van der Waals surface area contributed by atoms with Gasteiger partial charge in [0, 0.05) is 19.2 Å². The molecule has 1 aromatic carbocycles. The molecule has 0 bridgehead atoms. The predicted molar refractivity (Wildman–Crippen MR) is 69.7 cm³/mol. The Morgan fingerprint density at radius 1 is 1.33 bits per heavy atom. The average molecular weight is 252 g/mol. The number of amides is 1. The Bertz CT molecular complexity index is 372. The van der Waals surface area contributed by atoms with Gasteiger partial charge in [-0.05, 0) is 24.1 Å². The molecule has 0 saturated heterocycles. The molecular formula is C13H20N2O3. The molecule has 0 unspecified atom stereocenters. The number of benzene rings is 1. The minimum atomic E-state index is -0.131. The molecule has 0 fully saturated rings. The fraction of sp³-hybridized carbons (Fsp3) is 0.462. The van der Waals surface area contributed by atoms with Crippen LogP contribution in [0.25, 0.3) is 0 Å². The van der Waals surface area contributed by atoms with Gasteiger partial charge in [-0.1, -0.05) is 6.92 Å². The summed E-state index contributed by atoms with van der Waals surface area (Å²) in [5.74, 6) is 1.12. The molecule has 100 valence electrons. The minimum absolute atomic E-state index is 0.00280. The van der Waals surface area contributed by atoms with Gasteiger partial charge in [0.2, 0.25) is 0 Å². The second kappa shape index (κ2) is 7.55. The molecule has 0 aliphatic carbocycles. The van der Waals surface area contributed by atoms with E-state index in [0.717, 1.165) is 12.0 Å². The fourth-order valence-electron chi connectivity index (χ4n) is 1.41. The Morgan fingerprint density at radius 3 is 2.67 bits per heavy atom. The smallest absolute Gasteiger partial charge is 0.257 e. The first-order valence-electron chi connectivity index (χ1n) is 5.97. The van der Waals surface area contributed by atoms with Gasteiger partial charge in [-0.25, -0.2) is 0 Å². The topological polar surface area (TPSA) is 73.6 Å². The molecule has 1 amide bonds. The van der Waals surface area contributed by atoms with E-state index in [0.29, 0.717) is 24.6 Å². The van der Waals surface area contributed by atoms with E-state index in [1.807, 2.05) is 13.0 Å². The highest BCUT2D eigenvalue weighted by Gasteiger charge is 2.04. The van der Waals surface area contributed by atoms with Crippen LogP contribution in [0.5, 0.6) is 11.5 Å². The van der Waals surface area contributed by atoms with Crippen LogP contribution >= 0.6 is 0 Å². The first-order chi connectivity index (χ1) is 8.69. The molecule has 5 heteroatoms. The lowest BCUT2D eigenvalue weighted by Gasteiger charge is -2.10. The average Bonchev–Trinajstić information content (AvgIpc) is 2.42. The maximum Gasteiger partial charge on any atom is 0.257 e. The van der Waals surface area contributed by atoms with Crippen LogP contribution in [0.1, 0.15) is 18.9 Å². The first-order valence-corrected chi connectivity index (χ1v) is 5.97. The van der Waals surface area contributed by atoms with E-state index in [4.69, 9.17) is 15.2 Å². The number of carbonyl (C=O) groups is 1. The molecule has 0 radical (unpaired) electrons. The zero-order chi connectivity index (χ0) is 13.4. The standard InChI is InChI=1S/C13H20N2O3/c1-3-4-15-13(16)9-18-12-6-10(8-14)5-11(7-12)17-2/h5-7H,3-4,8-9,14H2,1-2H3,(H,15,16). The Balaban J connectivity index is 2.58. The van der Waals surface area contributed by atoms with Crippen LogP contribution < -0.4 is 20.5 Å². The molecule has 0 aliphatic heterocycles. The van der Waals surface area contributed by atoms with Crippen molar-refractivity contribution in [2.24, 2.45) is 5.73 Å². The number of hydrogen-bond acceptors (Lipinski definition) is 4. The molecule has 3 N–H and O–H groups in total. The number of nitrogens with two attached hydrogens (primary N) is 1. The summed E-state index contributed by atoms with van der Waals surface area (Å²) in [5, 5.41) is 2.74. The van der Waals surface area contributed by atoms with Crippen molar-refractivity contribution in [3.63, 3.8) is 0 Å². The number of methoxy groups -OCH3 is 1. The van der Waals surface area contributed by atoms with Gasteiger partial charge in [-0.15, -0.1) is 0 Å². The van der Waals surface area contributed by atoms with Crippen LogP contribution in [0.3, 0.4) is 0 Å².